The molecular weight excluding hydrogens is 318 g/mol. The molecule has 0 saturated carbocycles. The van der Waals surface area contributed by atoms with Crippen LogP contribution in [0.15, 0.2) is 36.4 Å². The van der Waals surface area contributed by atoms with Crippen LogP contribution in [0.3, 0.4) is 0 Å². The van der Waals surface area contributed by atoms with Gasteiger partial charge >= 0.3 is 5.97 Å². The van der Waals surface area contributed by atoms with Crippen molar-refractivity contribution >= 4 is 17.6 Å². The quantitative estimate of drug-likeness (QED) is 0.817. The van der Waals surface area contributed by atoms with Gasteiger partial charge in [0.25, 0.3) is 5.91 Å². The minimum Gasteiger partial charge on any atom is -0.482 e. The molecule has 1 N–H and O–H groups in total. The number of benzene rings is 2. The molecule has 5 heteroatoms. The summed E-state index contributed by atoms with van der Waals surface area (Å²) in [6.45, 7) is 7.21. The number of rotatable bonds is 6. The maximum Gasteiger partial charge on any atom is 0.344 e. The number of esters is 1. The lowest BCUT2D eigenvalue weighted by Crippen LogP contribution is -2.24. The Morgan fingerprint density at radius 3 is 2.20 bits per heavy atom. The van der Waals surface area contributed by atoms with Crippen molar-refractivity contribution in [3.05, 3.63) is 58.7 Å². The number of hydrogen-bond donors (Lipinski definition) is 1. The van der Waals surface area contributed by atoms with Crippen LogP contribution in [0.4, 0.5) is 5.69 Å². The van der Waals surface area contributed by atoms with E-state index in [1.165, 1.54) is 0 Å². The molecule has 0 radical (unpaired) electrons. The Hall–Kier alpha value is -2.82. The second-order valence-electron chi connectivity index (χ2n) is 6.01. The fraction of sp³-hybridized carbons (Fsp3) is 0.300. The van der Waals surface area contributed by atoms with Crippen LogP contribution in [0.5, 0.6) is 5.75 Å². The van der Waals surface area contributed by atoms with Gasteiger partial charge in [0.05, 0.1) is 0 Å². The van der Waals surface area contributed by atoms with Gasteiger partial charge in [-0.3, -0.25) is 4.79 Å². The van der Waals surface area contributed by atoms with Gasteiger partial charge in [-0.05, 0) is 62.1 Å². The van der Waals surface area contributed by atoms with Gasteiger partial charge in [0.1, 0.15) is 5.75 Å². The highest BCUT2D eigenvalue weighted by Gasteiger charge is 2.11. The third-order valence-electron chi connectivity index (χ3n) is 3.94. The molecule has 0 bridgehead atoms. The third kappa shape index (κ3) is 5.35. The van der Waals surface area contributed by atoms with Crippen LogP contribution in [-0.2, 0) is 14.3 Å². The summed E-state index contributed by atoms with van der Waals surface area (Å²) in [5, 5.41) is 2.76. The first-order valence-corrected chi connectivity index (χ1v) is 8.08. The minimum absolute atomic E-state index is 0.237. The van der Waals surface area contributed by atoms with Crippen molar-refractivity contribution in [3.63, 3.8) is 0 Å². The lowest BCUT2D eigenvalue weighted by molar-refractivity contribution is -0.149. The first-order chi connectivity index (χ1) is 11.9. The second-order valence-corrected chi connectivity index (χ2v) is 6.01. The summed E-state index contributed by atoms with van der Waals surface area (Å²) < 4.78 is 10.3. The average Bonchev–Trinajstić information content (AvgIpc) is 2.57. The molecule has 1 amide bonds. The summed E-state index contributed by atoms with van der Waals surface area (Å²) in [4.78, 5) is 23.7. The summed E-state index contributed by atoms with van der Waals surface area (Å²) in [7, 11) is 0. The Balaban J connectivity index is 1.79. The lowest BCUT2D eigenvalue weighted by atomic mass is 10.1. The van der Waals surface area contributed by atoms with Crippen LogP contribution in [0, 0.1) is 27.7 Å². The summed E-state index contributed by atoms with van der Waals surface area (Å²) in [6.07, 6.45) is 0. The number of aryl methyl sites for hydroxylation is 4. The monoisotopic (exact) mass is 341 g/mol. The van der Waals surface area contributed by atoms with Gasteiger partial charge in [-0.15, -0.1) is 0 Å². The molecule has 2 aromatic carbocycles. The minimum atomic E-state index is -0.588. The average molecular weight is 341 g/mol. The van der Waals surface area contributed by atoms with E-state index in [1.807, 2.05) is 58.0 Å². The van der Waals surface area contributed by atoms with Crippen LogP contribution in [-0.4, -0.2) is 25.1 Å². The zero-order valence-corrected chi connectivity index (χ0v) is 15.0. The normalized spacial score (nSPS) is 10.2. The van der Waals surface area contributed by atoms with Crippen LogP contribution in [0.1, 0.15) is 22.3 Å². The van der Waals surface area contributed by atoms with Crippen molar-refractivity contribution in [1.82, 2.24) is 0 Å². The van der Waals surface area contributed by atoms with Crippen LogP contribution in [0.2, 0.25) is 0 Å². The molecule has 0 fully saturated rings. The van der Waals surface area contributed by atoms with E-state index in [1.54, 1.807) is 6.07 Å². The van der Waals surface area contributed by atoms with E-state index in [9.17, 15) is 9.59 Å². The summed E-state index contributed by atoms with van der Waals surface area (Å²) in [5.41, 5.74) is 4.89. The van der Waals surface area contributed by atoms with Gasteiger partial charge < -0.3 is 14.8 Å². The predicted octanol–water partition coefficient (Wildman–Crippen LogP) is 3.48. The number of para-hydroxylation sites is 1. The number of nitrogens with one attached hydrogen (secondary N) is 1. The van der Waals surface area contributed by atoms with Crippen molar-refractivity contribution in [2.24, 2.45) is 0 Å². The fourth-order valence-electron chi connectivity index (χ4n) is 2.32. The highest BCUT2D eigenvalue weighted by Crippen LogP contribution is 2.19. The number of carbonyl (C=O) groups excluding carboxylic acids is 2. The van der Waals surface area contributed by atoms with E-state index < -0.39 is 5.97 Å². The number of anilines is 1. The van der Waals surface area contributed by atoms with Crippen molar-refractivity contribution < 1.29 is 19.1 Å². The molecule has 5 nitrogen and oxygen atoms in total. The van der Waals surface area contributed by atoms with Crippen LogP contribution >= 0.6 is 0 Å². The third-order valence-corrected chi connectivity index (χ3v) is 3.94. The summed E-state index contributed by atoms with van der Waals surface area (Å²) >= 11 is 0. The van der Waals surface area contributed by atoms with E-state index in [0.717, 1.165) is 27.9 Å². The molecule has 0 atom stereocenters. The van der Waals surface area contributed by atoms with Gasteiger partial charge in [-0.1, -0.05) is 24.3 Å². The van der Waals surface area contributed by atoms with E-state index >= 15 is 0 Å². The molecule has 2 aromatic rings. The molecular formula is C20H23NO4. The Bertz CT molecular complexity index is 763. The highest BCUT2D eigenvalue weighted by atomic mass is 16.6. The number of ether oxygens (including phenoxy) is 2. The van der Waals surface area contributed by atoms with E-state index in [-0.39, 0.29) is 19.1 Å². The molecule has 0 aliphatic rings. The molecule has 0 unspecified atom stereocenters. The first kappa shape index (κ1) is 18.5. The molecule has 0 aliphatic carbocycles. The Kier molecular flexibility index (Phi) is 6.17. The first-order valence-electron chi connectivity index (χ1n) is 8.08. The zero-order valence-electron chi connectivity index (χ0n) is 15.0. The highest BCUT2D eigenvalue weighted by molar-refractivity contribution is 5.94. The SMILES string of the molecule is Cc1ccc(OCC(=O)OCC(=O)Nc2c(C)cccc2C)cc1C. The van der Waals surface area contributed by atoms with Gasteiger partial charge in [0.2, 0.25) is 0 Å². The molecule has 0 heterocycles. The van der Waals surface area contributed by atoms with E-state index in [0.29, 0.717) is 5.75 Å². The maximum atomic E-state index is 11.9. The number of carbonyl (C=O) groups is 2. The predicted molar refractivity (Wildman–Crippen MR) is 96.9 cm³/mol. The summed E-state index contributed by atoms with van der Waals surface area (Å²) in [6, 6.07) is 11.3. The molecule has 2 rings (SSSR count). The van der Waals surface area contributed by atoms with E-state index in [4.69, 9.17) is 9.47 Å². The Labute approximate surface area is 148 Å². The zero-order chi connectivity index (χ0) is 18.4. The molecule has 0 saturated heterocycles. The van der Waals surface area contributed by atoms with Crippen LogP contribution in [0.25, 0.3) is 0 Å². The second kappa shape index (κ2) is 8.33. The van der Waals surface area contributed by atoms with Crippen molar-refractivity contribution in [2.75, 3.05) is 18.5 Å². The number of hydrogen-bond acceptors (Lipinski definition) is 4. The molecule has 0 aromatic heterocycles. The lowest BCUT2D eigenvalue weighted by Gasteiger charge is -2.12. The van der Waals surface area contributed by atoms with Crippen molar-refractivity contribution in [3.8, 4) is 5.75 Å². The standard InChI is InChI=1S/C20H23NO4/c1-13-8-9-17(10-16(13)4)24-12-19(23)25-11-18(22)21-20-14(2)6-5-7-15(20)3/h5-10H,11-12H2,1-4H3,(H,21,22). The molecule has 0 spiro atoms. The van der Waals surface area contributed by atoms with Gasteiger partial charge in [0, 0.05) is 5.69 Å². The van der Waals surface area contributed by atoms with Gasteiger partial charge in [-0.2, -0.15) is 0 Å². The molecule has 132 valence electrons. The van der Waals surface area contributed by atoms with Crippen molar-refractivity contribution in [1.29, 1.82) is 0 Å². The van der Waals surface area contributed by atoms with Crippen LogP contribution < -0.4 is 10.1 Å². The summed E-state index contributed by atoms with van der Waals surface area (Å²) in [5.74, 6) is -0.369. The van der Waals surface area contributed by atoms with Gasteiger partial charge in [0.15, 0.2) is 13.2 Å². The fourth-order valence-corrected chi connectivity index (χ4v) is 2.32. The number of amides is 1. The topological polar surface area (TPSA) is 64.6 Å². The Morgan fingerprint density at radius 1 is 0.880 bits per heavy atom. The molecule has 25 heavy (non-hydrogen) atoms. The maximum absolute atomic E-state index is 11.9. The Morgan fingerprint density at radius 2 is 1.56 bits per heavy atom. The molecule has 0 aliphatic heterocycles. The van der Waals surface area contributed by atoms with Crippen molar-refractivity contribution in [2.45, 2.75) is 27.7 Å². The van der Waals surface area contributed by atoms with Gasteiger partial charge in [-0.25, -0.2) is 4.79 Å². The van der Waals surface area contributed by atoms with E-state index in [2.05, 4.69) is 5.32 Å². The largest absolute Gasteiger partial charge is 0.482 e. The smallest absolute Gasteiger partial charge is 0.344 e.